The van der Waals surface area contributed by atoms with Gasteiger partial charge in [0.2, 0.25) is 0 Å². The summed E-state index contributed by atoms with van der Waals surface area (Å²) in [4.78, 5) is 0. The van der Waals surface area contributed by atoms with Crippen molar-refractivity contribution in [1.29, 1.82) is 0 Å². The molecule has 0 aliphatic heterocycles. The minimum Gasteiger partial charge on any atom is -0.391 e. The Morgan fingerprint density at radius 3 is 1.57 bits per heavy atom. The Kier molecular flexibility index (Phi) is 21.0. The first-order valence-corrected chi connectivity index (χ1v) is 18.4. The number of aliphatic hydroxyl groups excluding tert-OH is 2. The molecule has 2 unspecified atom stereocenters. The molecule has 0 heterocycles. The summed E-state index contributed by atoms with van der Waals surface area (Å²) in [7, 11) is 2.32. The van der Waals surface area contributed by atoms with Crippen LogP contribution in [-0.2, 0) is 35.6 Å². The average molecular weight is 653 g/mol. The third-order valence-electron chi connectivity index (χ3n) is 7.59. The molecule has 254 valence electrons. The molecule has 3 aromatic carbocycles. The van der Waals surface area contributed by atoms with E-state index in [0.717, 1.165) is 45.1 Å². The van der Waals surface area contributed by atoms with Crippen LogP contribution < -0.4 is 0 Å². The number of hydrogen-bond acceptors (Lipinski definition) is 7. The van der Waals surface area contributed by atoms with Gasteiger partial charge in [-0.1, -0.05) is 110 Å². The van der Waals surface area contributed by atoms with E-state index in [4.69, 9.17) is 22.8 Å². The van der Waals surface area contributed by atoms with Gasteiger partial charge in [0.05, 0.1) is 25.4 Å². The summed E-state index contributed by atoms with van der Waals surface area (Å²) in [6, 6.07) is 29.7. The highest BCUT2D eigenvalue weighted by atomic mass is 28.4. The van der Waals surface area contributed by atoms with Crippen LogP contribution in [0.25, 0.3) is 12.2 Å². The van der Waals surface area contributed by atoms with Crippen molar-refractivity contribution in [3.8, 4) is 0 Å². The lowest BCUT2D eigenvalue weighted by molar-refractivity contribution is 0.0311. The second kappa shape index (κ2) is 24.5. The molecule has 8 heteroatoms. The van der Waals surface area contributed by atoms with E-state index in [9.17, 15) is 10.2 Å². The normalized spacial score (nSPS) is 12.9. The summed E-state index contributed by atoms with van der Waals surface area (Å²) >= 11 is 0. The molecule has 0 amide bonds. The van der Waals surface area contributed by atoms with Crippen LogP contribution in [0.5, 0.6) is 0 Å². The lowest BCUT2D eigenvalue weighted by Crippen LogP contribution is -2.42. The zero-order chi connectivity index (χ0) is 33.3. The van der Waals surface area contributed by atoms with Crippen LogP contribution in [0.2, 0.25) is 6.04 Å². The van der Waals surface area contributed by atoms with Gasteiger partial charge in [-0.2, -0.15) is 0 Å². The van der Waals surface area contributed by atoms with Crippen molar-refractivity contribution in [2.75, 3.05) is 47.8 Å². The van der Waals surface area contributed by atoms with Crippen molar-refractivity contribution in [3.05, 3.63) is 107 Å². The molecule has 0 aliphatic carbocycles. The molecule has 0 fully saturated rings. The van der Waals surface area contributed by atoms with E-state index in [-0.39, 0.29) is 6.10 Å². The SMILES string of the molecule is CCCCOCC(O)CCc1ccc(/C=C/c2ccccc2)cc1.CO[Si](CCCOCC(O)CCc1ccccc1)(OC)OC. The molecule has 0 aliphatic rings. The van der Waals surface area contributed by atoms with E-state index in [2.05, 4.69) is 67.6 Å². The number of aryl methyl sites for hydroxylation is 2. The summed E-state index contributed by atoms with van der Waals surface area (Å²) in [5.74, 6) is 0. The quantitative estimate of drug-likeness (QED) is 0.0673. The van der Waals surface area contributed by atoms with Gasteiger partial charge < -0.3 is 33.0 Å². The van der Waals surface area contributed by atoms with Gasteiger partial charge in [0.15, 0.2) is 0 Å². The fraction of sp³-hybridized carbons (Fsp3) is 0.474. The lowest BCUT2D eigenvalue weighted by Gasteiger charge is -2.24. The minimum absolute atomic E-state index is 0.355. The maximum atomic E-state index is 9.94. The van der Waals surface area contributed by atoms with Gasteiger partial charge in [0.1, 0.15) is 0 Å². The molecule has 3 rings (SSSR count). The number of benzene rings is 3. The van der Waals surface area contributed by atoms with Gasteiger partial charge in [-0.15, -0.1) is 0 Å². The fourth-order valence-electron chi connectivity index (χ4n) is 4.66. The Hall–Kier alpha value is -2.66. The number of aliphatic hydroxyl groups is 2. The van der Waals surface area contributed by atoms with Crippen LogP contribution in [0.15, 0.2) is 84.9 Å². The van der Waals surface area contributed by atoms with E-state index in [0.29, 0.717) is 32.3 Å². The van der Waals surface area contributed by atoms with Crippen LogP contribution in [-0.4, -0.2) is 79.0 Å². The van der Waals surface area contributed by atoms with Crippen LogP contribution in [0.3, 0.4) is 0 Å². The topological polar surface area (TPSA) is 86.6 Å². The third-order valence-corrected chi connectivity index (χ3v) is 10.4. The van der Waals surface area contributed by atoms with Crippen molar-refractivity contribution in [3.63, 3.8) is 0 Å². The van der Waals surface area contributed by atoms with Crippen molar-refractivity contribution in [2.24, 2.45) is 0 Å². The Morgan fingerprint density at radius 2 is 1.07 bits per heavy atom. The van der Waals surface area contributed by atoms with Crippen LogP contribution in [0.4, 0.5) is 0 Å². The summed E-state index contributed by atoms with van der Waals surface area (Å²) < 4.78 is 27.0. The second-order valence-corrected chi connectivity index (χ2v) is 14.3. The number of unbranched alkanes of at least 4 members (excludes halogenated alkanes) is 1. The van der Waals surface area contributed by atoms with E-state index >= 15 is 0 Å². The van der Waals surface area contributed by atoms with Crippen molar-refractivity contribution in [1.82, 2.24) is 0 Å². The highest BCUT2D eigenvalue weighted by molar-refractivity contribution is 6.60. The van der Waals surface area contributed by atoms with Crippen LogP contribution >= 0.6 is 0 Å². The molecule has 0 saturated heterocycles. The van der Waals surface area contributed by atoms with Crippen LogP contribution in [0.1, 0.15) is 61.3 Å². The summed E-state index contributed by atoms with van der Waals surface area (Å²) in [5.41, 5.74) is 4.87. The molecule has 2 atom stereocenters. The van der Waals surface area contributed by atoms with Gasteiger partial charge in [-0.25, -0.2) is 0 Å². The number of rotatable bonds is 22. The van der Waals surface area contributed by atoms with Crippen molar-refractivity contribution >= 4 is 21.0 Å². The van der Waals surface area contributed by atoms with E-state index < -0.39 is 14.9 Å². The maximum absolute atomic E-state index is 9.94. The Morgan fingerprint density at radius 1 is 0.609 bits per heavy atom. The highest BCUT2D eigenvalue weighted by Crippen LogP contribution is 2.15. The highest BCUT2D eigenvalue weighted by Gasteiger charge is 2.36. The van der Waals surface area contributed by atoms with Gasteiger partial charge in [0.25, 0.3) is 0 Å². The molecule has 0 aromatic heterocycles. The average Bonchev–Trinajstić information content (AvgIpc) is 3.11. The zero-order valence-corrected chi connectivity index (χ0v) is 29.3. The minimum atomic E-state index is -2.50. The lowest BCUT2D eigenvalue weighted by atomic mass is 10.0. The smallest absolute Gasteiger partial charge is 0.391 e. The second-order valence-electron chi connectivity index (χ2n) is 11.3. The predicted molar refractivity (Wildman–Crippen MR) is 190 cm³/mol. The molecular weight excluding hydrogens is 596 g/mol. The van der Waals surface area contributed by atoms with Crippen molar-refractivity contribution in [2.45, 2.75) is 70.1 Å². The standard InChI is InChI=1S/C22H28O2.C16H28O5Si/c1-2-3-17-24-18-22(23)16-15-21-13-11-20(12-14-21)10-9-19-7-5-4-6-8-19;1-18-22(19-2,20-3)13-7-12-21-14-16(17)11-10-15-8-5-4-6-9-15/h4-14,22-23H,2-3,15-18H2,1H3;4-6,8-9,16-17H,7,10-14H2,1-3H3/b10-9+;. The number of ether oxygens (including phenoxy) is 2. The first kappa shape index (κ1) is 39.5. The number of hydrogen-bond donors (Lipinski definition) is 2. The summed E-state index contributed by atoms with van der Waals surface area (Å²) in [6.45, 7) is 4.24. The Labute approximate surface area is 278 Å². The Bertz CT molecular complexity index is 1150. The first-order valence-electron chi connectivity index (χ1n) is 16.5. The molecule has 0 bridgehead atoms. The van der Waals surface area contributed by atoms with E-state index in [1.165, 1.54) is 22.3 Å². The fourth-order valence-corrected chi connectivity index (χ4v) is 6.35. The molecule has 2 N–H and O–H groups in total. The van der Waals surface area contributed by atoms with Crippen molar-refractivity contribution < 1.29 is 33.0 Å². The first-order chi connectivity index (χ1) is 22.4. The summed E-state index contributed by atoms with van der Waals surface area (Å²) in [6.07, 6.45) is 9.58. The molecule has 0 radical (unpaired) electrons. The third kappa shape index (κ3) is 17.3. The molecule has 46 heavy (non-hydrogen) atoms. The van der Waals surface area contributed by atoms with Gasteiger partial charge >= 0.3 is 8.80 Å². The molecule has 7 nitrogen and oxygen atoms in total. The van der Waals surface area contributed by atoms with Gasteiger partial charge in [0, 0.05) is 40.6 Å². The van der Waals surface area contributed by atoms with Gasteiger partial charge in [-0.3, -0.25) is 0 Å². The Balaban J connectivity index is 0.000000322. The van der Waals surface area contributed by atoms with Crippen LogP contribution in [0, 0.1) is 0 Å². The summed E-state index contributed by atoms with van der Waals surface area (Å²) in [5, 5.41) is 19.9. The zero-order valence-electron chi connectivity index (χ0n) is 28.3. The maximum Gasteiger partial charge on any atom is 0.500 e. The monoisotopic (exact) mass is 652 g/mol. The van der Waals surface area contributed by atoms with E-state index in [1.54, 1.807) is 21.3 Å². The molecule has 0 saturated carbocycles. The molecule has 3 aromatic rings. The molecule has 0 spiro atoms. The van der Waals surface area contributed by atoms with E-state index in [1.807, 2.05) is 36.4 Å². The predicted octanol–water partition coefficient (Wildman–Crippen LogP) is 7.23. The largest absolute Gasteiger partial charge is 0.500 e. The molecular formula is C38H56O7Si. The van der Waals surface area contributed by atoms with Gasteiger partial charge in [-0.05, 0) is 60.8 Å².